The van der Waals surface area contributed by atoms with Crippen molar-refractivity contribution >= 4 is 17.7 Å². The summed E-state index contributed by atoms with van der Waals surface area (Å²) in [5, 5.41) is 14.2. The number of carboxylic acids is 1. The molecule has 1 fully saturated rings. The average molecular weight is 292 g/mol. The van der Waals surface area contributed by atoms with Crippen molar-refractivity contribution in [2.24, 2.45) is 5.92 Å². The van der Waals surface area contributed by atoms with E-state index in [1.165, 1.54) is 0 Å². The smallest absolute Gasteiger partial charge is 0.326 e. The van der Waals surface area contributed by atoms with Crippen molar-refractivity contribution < 1.29 is 19.4 Å². The molecule has 21 heavy (non-hydrogen) atoms. The van der Waals surface area contributed by atoms with E-state index in [2.05, 4.69) is 10.6 Å². The van der Waals surface area contributed by atoms with Gasteiger partial charge in [-0.2, -0.15) is 0 Å². The van der Waals surface area contributed by atoms with Gasteiger partial charge in [0.2, 0.25) is 0 Å². The molecule has 0 aromatic heterocycles. The van der Waals surface area contributed by atoms with Gasteiger partial charge in [0.25, 0.3) is 0 Å². The SMILES string of the molecule is CC(C)Oc1ccc(NC(=O)NC(C(=O)O)C2CC2)cc1. The highest BCUT2D eigenvalue weighted by molar-refractivity contribution is 5.92. The Hall–Kier alpha value is -2.24. The molecule has 1 saturated carbocycles. The lowest BCUT2D eigenvalue weighted by atomic mass is 10.2. The molecule has 6 heteroatoms. The van der Waals surface area contributed by atoms with Gasteiger partial charge in [-0.1, -0.05) is 0 Å². The minimum atomic E-state index is -0.992. The highest BCUT2D eigenvalue weighted by atomic mass is 16.5. The van der Waals surface area contributed by atoms with Crippen molar-refractivity contribution in [3.63, 3.8) is 0 Å². The number of ether oxygens (including phenoxy) is 1. The topological polar surface area (TPSA) is 87.7 Å². The lowest BCUT2D eigenvalue weighted by molar-refractivity contribution is -0.139. The van der Waals surface area contributed by atoms with Crippen LogP contribution in [0.2, 0.25) is 0 Å². The number of carbonyl (C=O) groups excluding carboxylic acids is 1. The van der Waals surface area contributed by atoms with E-state index in [4.69, 9.17) is 9.84 Å². The maximum absolute atomic E-state index is 11.8. The van der Waals surface area contributed by atoms with Crippen LogP contribution >= 0.6 is 0 Å². The number of hydrogen-bond acceptors (Lipinski definition) is 3. The van der Waals surface area contributed by atoms with Gasteiger partial charge in [-0.05, 0) is 56.9 Å². The molecule has 6 nitrogen and oxygen atoms in total. The summed E-state index contributed by atoms with van der Waals surface area (Å²) in [4.78, 5) is 22.9. The normalized spacial score (nSPS) is 15.4. The van der Waals surface area contributed by atoms with E-state index in [1.54, 1.807) is 24.3 Å². The first-order valence-electron chi connectivity index (χ1n) is 7.02. The van der Waals surface area contributed by atoms with Crippen LogP contribution in [0.25, 0.3) is 0 Å². The Bertz CT molecular complexity index is 509. The number of nitrogens with one attached hydrogen (secondary N) is 2. The van der Waals surface area contributed by atoms with Crippen molar-refractivity contribution in [1.82, 2.24) is 5.32 Å². The van der Waals surface area contributed by atoms with E-state index in [0.29, 0.717) is 5.69 Å². The molecule has 3 N–H and O–H groups in total. The van der Waals surface area contributed by atoms with Gasteiger partial charge in [-0.3, -0.25) is 0 Å². The fraction of sp³-hybridized carbons (Fsp3) is 0.467. The monoisotopic (exact) mass is 292 g/mol. The summed E-state index contributed by atoms with van der Waals surface area (Å²) < 4.78 is 5.50. The molecular formula is C15H20N2O4. The van der Waals surface area contributed by atoms with Crippen molar-refractivity contribution in [2.45, 2.75) is 38.8 Å². The second-order valence-electron chi connectivity index (χ2n) is 5.44. The van der Waals surface area contributed by atoms with Crippen LogP contribution in [0.4, 0.5) is 10.5 Å². The zero-order chi connectivity index (χ0) is 15.4. The maximum Gasteiger partial charge on any atom is 0.326 e. The molecule has 1 unspecified atom stereocenters. The van der Waals surface area contributed by atoms with Crippen LogP contribution in [0.1, 0.15) is 26.7 Å². The predicted molar refractivity (Wildman–Crippen MR) is 78.5 cm³/mol. The molecule has 0 bridgehead atoms. The van der Waals surface area contributed by atoms with E-state index in [1.807, 2.05) is 13.8 Å². The minimum Gasteiger partial charge on any atom is -0.491 e. The third-order valence-corrected chi connectivity index (χ3v) is 3.13. The zero-order valence-corrected chi connectivity index (χ0v) is 12.1. The number of carboxylic acid groups (broad SMARTS) is 1. The number of rotatable bonds is 6. The Kier molecular flexibility index (Phi) is 4.67. The van der Waals surface area contributed by atoms with Gasteiger partial charge < -0.3 is 20.5 Å². The van der Waals surface area contributed by atoms with E-state index in [0.717, 1.165) is 18.6 Å². The molecule has 0 radical (unpaired) electrons. The third-order valence-electron chi connectivity index (χ3n) is 3.13. The Labute approximate surface area is 123 Å². The number of anilines is 1. The van der Waals surface area contributed by atoms with Gasteiger partial charge in [-0.25, -0.2) is 9.59 Å². The first-order valence-corrected chi connectivity index (χ1v) is 7.02. The zero-order valence-electron chi connectivity index (χ0n) is 12.1. The van der Waals surface area contributed by atoms with Crippen LogP contribution in [0.15, 0.2) is 24.3 Å². The fourth-order valence-corrected chi connectivity index (χ4v) is 2.01. The molecule has 1 atom stereocenters. The molecule has 2 rings (SSSR count). The van der Waals surface area contributed by atoms with Crippen LogP contribution < -0.4 is 15.4 Å². The van der Waals surface area contributed by atoms with Gasteiger partial charge in [0, 0.05) is 5.69 Å². The molecule has 2 amide bonds. The summed E-state index contributed by atoms with van der Waals surface area (Å²) in [6, 6.07) is 5.62. The standard InChI is InChI=1S/C15H20N2O4/c1-9(2)21-12-7-5-11(6-8-12)16-15(20)17-13(14(18)19)10-3-4-10/h5-10,13H,3-4H2,1-2H3,(H,18,19)(H2,16,17,20). The van der Waals surface area contributed by atoms with E-state index in [-0.39, 0.29) is 12.0 Å². The number of urea groups is 1. The molecule has 0 aliphatic heterocycles. The predicted octanol–water partition coefficient (Wildman–Crippen LogP) is 2.46. The molecule has 0 spiro atoms. The van der Waals surface area contributed by atoms with E-state index >= 15 is 0 Å². The highest BCUT2D eigenvalue weighted by Gasteiger charge is 2.37. The fourth-order valence-electron chi connectivity index (χ4n) is 2.01. The highest BCUT2D eigenvalue weighted by Crippen LogP contribution is 2.32. The van der Waals surface area contributed by atoms with Gasteiger partial charge in [-0.15, -0.1) is 0 Å². The largest absolute Gasteiger partial charge is 0.491 e. The molecule has 1 aromatic rings. The maximum atomic E-state index is 11.8. The molecule has 1 aromatic carbocycles. The van der Waals surface area contributed by atoms with Crippen molar-refractivity contribution in [3.8, 4) is 5.75 Å². The number of benzene rings is 1. The average Bonchev–Trinajstić information content (AvgIpc) is 3.21. The molecule has 0 heterocycles. The molecule has 1 aliphatic rings. The molecule has 0 saturated heterocycles. The quantitative estimate of drug-likeness (QED) is 0.751. The van der Waals surface area contributed by atoms with Gasteiger partial charge in [0.15, 0.2) is 0 Å². The first-order chi connectivity index (χ1) is 9.95. The summed E-state index contributed by atoms with van der Waals surface area (Å²) >= 11 is 0. The summed E-state index contributed by atoms with van der Waals surface area (Å²) in [6.45, 7) is 3.87. The van der Waals surface area contributed by atoms with Crippen LogP contribution in [-0.4, -0.2) is 29.3 Å². The van der Waals surface area contributed by atoms with Crippen LogP contribution in [0.3, 0.4) is 0 Å². The lowest BCUT2D eigenvalue weighted by Crippen LogP contribution is -2.44. The second-order valence-corrected chi connectivity index (χ2v) is 5.44. The lowest BCUT2D eigenvalue weighted by Gasteiger charge is -2.15. The van der Waals surface area contributed by atoms with E-state index < -0.39 is 18.0 Å². The number of carbonyl (C=O) groups is 2. The Morgan fingerprint density at radius 1 is 1.24 bits per heavy atom. The second kappa shape index (κ2) is 6.47. The summed E-state index contributed by atoms with van der Waals surface area (Å²) in [6.07, 6.45) is 1.78. The van der Waals surface area contributed by atoms with Crippen molar-refractivity contribution in [2.75, 3.05) is 5.32 Å². The molecule has 114 valence electrons. The Morgan fingerprint density at radius 2 is 1.86 bits per heavy atom. The van der Waals surface area contributed by atoms with E-state index in [9.17, 15) is 9.59 Å². The number of aliphatic carboxylic acids is 1. The van der Waals surface area contributed by atoms with Gasteiger partial charge in [0.05, 0.1) is 6.10 Å². The Morgan fingerprint density at radius 3 is 2.33 bits per heavy atom. The third kappa shape index (κ3) is 4.66. The summed E-state index contributed by atoms with van der Waals surface area (Å²) in [5.41, 5.74) is 0.587. The van der Waals surface area contributed by atoms with Gasteiger partial charge >= 0.3 is 12.0 Å². The summed E-state index contributed by atoms with van der Waals surface area (Å²) in [7, 11) is 0. The Balaban J connectivity index is 1.88. The molecule has 1 aliphatic carbocycles. The number of hydrogen-bond donors (Lipinski definition) is 3. The van der Waals surface area contributed by atoms with Crippen LogP contribution in [0, 0.1) is 5.92 Å². The summed E-state index contributed by atoms with van der Waals surface area (Å²) in [5.74, 6) is -0.222. The van der Waals surface area contributed by atoms with Crippen LogP contribution in [0.5, 0.6) is 5.75 Å². The van der Waals surface area contributed by atoms with Crippen molar-refractivity contribution in [1.29, 1.82) is 0 Å². The van der Waals surface area contributed by atoms with Crippen molar-refractivity contribution in [3.05, 3.63) is 24.3 Å². The van der Waals surface area contributed by atoms with Crippen LogP contribution in [-0.2, 0) is 4.79 Å². The molecular weight excluding hydrogens is 272 g/mol. The van der Waals surface area contributed by atoms with Gasteiger partial charge in [0.1, 0.15) is 11.8 Å². The number of amides is 2. The minimum absolute atomic E-state index is 0.0510. The first kappa shape index (κ1) is 15.2.